The molecule has 2 rings (SSSR count). The van der Waals surface area contributed by atoms with Gasteiger partial charge in [0.2, 0.25) is 5.91 Å². The van der Waals surface area contributed by atoms with Gasteiger partial charge in [-0.25, -0.2) is 0 Å². The average molecular weight is 251 g/mol. The van der Waals surface area contributed by atoms with E-state index in [2.05, 4.69) is 13.0 Å². The predicted molar refractivity (Wildman–Crippen MR) is 71.5 cm³/mol. The number of anilines is 1. The number of hydrogen-bond donors (Lipinski definition) is 1. The summed E-state index contributed by atoms with van der Waals surface area (Å²) in [5.74, 6) is 1.20. The Morgan fingerprint density at radius 1 is 1.53 bits per heavy atom. The number of benzene rings is 1. The van der Waals surface area contributed by atoms with Crippen LogP contribution in [0.5, 0.6) is 0 Å². The Balaban J connectivity index is 2.08. The van der Waals surface area contributed by atoms with Crippen LogP contribution in [0.15, 0.2) is 24.3 Å². The minimum atomic E-state index is 0.129. The number of hydrogen-bond acceptors (Lipinski definition) is 3. The lowest BCUT2D eigenvalue weighted by Crippen LogP contribution is -2.37. The van der Waals surface area contributed by atoms with Gasteiger partial charge < -0.3 is 10.0 Å². The molecule has 0 saturated carbocycles. The summed E-state index contributed by atoms with van der Waals surface area (Å²) < 4.78 is 0. The van der Waals surface area contributed by atoms with Crippen molar-refractivity contribution in [3.63, 3.8) is 0 Å². The Bertz CT molecular complexity index is 408. The van der Waals surface area contributed by atoms with Crippen molar-refractivity contribution in [2.75, 3.05) is 23.0 Å². The quantitative estimate of drug-likeness (QED) is 0.828. The maximum Gasteiger partial charge on any atom is 0.237 e. The third-order valence-corrected chi connectivity index (χ3v) is 3.86. The summed E-state index contributed by atoms with van der Waals surface area (Å²) in [6.07, 6.45) is 0.937. The lowest BCUT2D eigenvalue weighted by molar-refractivity contribution is -0.116. The van der Waals surface area contributed by atoms with Gasteiger partial charge in [-0.15, -0.1) is 11.8 Å². The topological polar surface area (TPSA) is 40.5 Å². The first-order valence-electron chi connectivity index (χ1n) is 5.82. The summed E-state index contributed by atoms with van der Waals surface area (Å²) in [5, 5.41) is 8.71. The zero-order valence-electron chi connectivity index (χ0n) is 9.93. The highest BCUT2D eigenvalue weighted by Crippen LogP contribution is 2.32. The van der Waals surface area contributed by atoms with Crippen LogP contribution in [0.3, 0.4) is 0 Å². The Morgan fingerprint density at radius 2 is 2.29 bits per heavy atom. The third-order valence-electron chi connectivity index (χ3n) is 2.94. The van der Waals surface area contributed by atoms with Crippen molar-refractivity contribution in [3.8, 4) is 0 Å². The minimum Gasteiger partial charge on any atom is -0.396 e. The van der Waals surface area contributed by atoms with Gasteiger partial charge in [-0.2, -0.15) is 0 Å². The van der Waals surface area contributed by atoms with Crippen molar-refractivity contribution >= 4 is 23.4 Å². The van der Waals surface area contributed by atoms with Crippen LogP contribution in [-0.4, -0.2) is 35.2 Å². The van der Waals surface area contributed by atoms with E-state index in [9.17, 15) is 4.79 Å². The van der Waals surface area contributed by atoms with E-state index < -0.39 is 0 Å². The van der Waals surface area contributed by atoms with Crippen LogP contribution >= 0.6 is 11.8 Å². The number of thioether (sulfide) groups is 1. The van der Waals surface area contributed by atoms with Gasteiger partial charge in [0, 0.05) is 17.5 Å². The fraction of sp³-hybridized carbons (Fsp3) is 0.462. The molecule has 92 valence electrons. The van der Waals surface area contributed by atoms with E-state index in [1.807, 2.05) is 23.1 Å². The summed E-state index contributed by atoms with van der Waals surface area (Å²) in [7, 11) is 0. The smallest absolute Gasteiger partial charge is 0.237 e. The van der Waals surface area contributed by atoms with Gasteiger partial charge in [0.25, 0.3) is 0 Å². The molecule has 1 atom stereocenters. The van der Waals surface area contributed by atoms with Crippen LogP contribution in [0.25, 0.3) is 0 Å². The summed E-state index contributed by atoms with van der Waals surface area (Å²) in [6.45, 7) is 2.21. The van der Waals surface area contributed by atoms with Crippen LogP contribution < -0.4 is 4.90 Å². The predicted octanol–water partition coefficient (Wildman–Crippen LogP) is 1.69. The number of aliphatic hydroxyl groups is 1. The molecule has 17 heavy (non-hydrogen) atoms. The van der Waals surface area contributed by atoms with Crippen molar-refractivity contribution in [1.82, 2.24) is 0 Å². The highest BCUT2D eigenvalue weighted by atomic mass is 32.2. The summed E-state index contributed by atoms with van der Waals surface area (Å²) in [6, 6.07) is 8.32. The molecule has 0 aromatic heterocycles. The second-order valence-corrected chi connectivity index (χ2v) is 5.33. The first-order chi connectivity index (χ1) is 8.24. The number of rotatable bonds is 4. The van der Waals surface area contributed by atoms with Crippen molar-refractivity contribution in [2.45, 2.75) is 19.4 Å². The summed E-state index contributed by atoms with van der Waals surface area (Å²) >= 11 is 1.48. The molecular formula is C13H17NO2S. The lowest BCUT2D eigenvalue weighted by Gasteiger charge is -2.22. The lowest BCUT2D eigenvalue weighted by atomic mass is 10.1. The van der Waals surface area contributed by atoms with Gasteiger partial charge in [0.1, 0.15) is 0 Å². The number of carbonyl (C=O) groups excluding carboxylic acids is 1. The van der Waals surface area contributed by atoms with E-state index in [1.54, 1.807) is 0 Å². The number of carbonyl (C=O) groups is 1. The molecule has 1 unspecified atom stereocenters. The van der Waals surface area contributed by atoms with Crippen molar-refractivity contribution in [3.05, 3.63) is 29.8 Å². The standard InChI is InChI=1S/C13H17NO2S/c1-10-8-11-4-2-3-5-12(11)14(10)13(16)9-17-7-6-15/h2-5,10,15H,6-9H2,1H3. The van der Waals surface area contributed by atoms with Gasteiger partial charge in [-0.3, -0.25) is 4.79 Å². The van der Waals surface area contributed by atoms with Crippen LogP contribution in [0, 0.1) is 0 Å². The van der Waals surface area contributed by atoms with Gasteiger partial charge in [0.15, 0.2) is 0 Å². The number of nitrogens with zero attached hydrogens (tertiary/aromatic N) is 1. The number of amides is 1. The van der Waals surface area contributed by atoms with E-state index >= 15 is 0 Å². The third kappa shape index (κ3) is 2.64. The molecule has 1 aromatic rings. The summed E-state index contributed by atoms with van der Waals surface area (Å²) in [4.78, 5) is 14.0. The molecule has 0 bridgehead atoms. The molecule has 1 amide bonds. The summed E-state index contributed by atoms with van der Waals surface area (Å²) in [5.41, 5.74) is 2.30. The largest absolute Gasteiger partial charge is 0.396 e. The van der Waals surface area contributed by atoms with Gasteiger partial charge >= 0.3 is 0 Å². The van der Waals surface area contributed by atoms with Crippen LogP contribution in [0.4, 0.5) is 5.69 Å². The SMILES string of the molecule is CC1Cc2ccccc2N1C(=O)CSCCO. The number of aliphatic hydroxyl groups excluding tert-OH is 1. The van der Waals surface area contributed by atoms with E-state index in [-0.39, 0.29) is 18.6 Å². The van der Waals surface area contributed by atoms with Gasteiger partial charge in [-0.05, 0) is 25.0 Å². The maximum absolute atomic E-state index is 12.1. The minimum absolute atomic E-state index is 0.129. The molecule has 1 aliphatic heterocycles. The van der Waals surface area contributed by atoms with Gasteiger partial charge in [-0.1, -0.05) is 18.2 Å². The monoisotopic (exact) mass is 251 g/mol. The average Bonchev–Trinajstić information content (AvgIpc) is 2.65. The van der Waals surface area contributed by atoms with Crippen molar-refractivity contribution < 1.29 is 9.90 Å². The molecule has 0 radical (unpaired) electrons. The van der Waals surface area contributed by atoms with Crippen LogP contribution in [-0.2, 0) is 11.2 Å². The molecule has 0 spiro atoms. The molecule has 0 saturated heterocycles. The molecule has 1 aliphatic rings. The number of fused-ring (bicyclic) bond motifs is 1. The Kier molecular flexibility index (Phi) is 4.07. The van der Waals surface area contributed by atoms with E-state index in [1.165, 1.54) is 17.3 Å². The van der Waals surface area contributed by atoms with Gasteiger partial charge in [0.05, 0.1) is 12.4 Å². The van der Waals surface area contributed by atoms with E-state index in [4.69, 9.17) is 5.11 Å². The zero-order valence-corrected chi connectivity index (χ0v) is 10.7. The highest BCUT2D eigenvalue weighted by molar-refractivity contribution is 7.99. The molecule has 1 heterocycles. The van der Waals surface area contributed by atoms with Crippen molar-refractivity contribution in [2.24, 2.45) is 0 Å². The molecule has 0 aliphatic carbocycles. The second-order valence-electron chi connectivity index (χ2n) is 4.22. The first kappa shape index (κ1) is 12.5. The van der Waals surface area contributed by atoms with Crippen LogP contribution in [0.2, 0.25) is 0 Å². The fourth-order valence-corrected chi connectivity index (χ4v) is 2.83. The Hall–Kier alpha value is -1.000. The number of para-hydroxylation sites is 1. The normalized spacial score (nSPS) is 18.2. The molecule has 3 nitrogen and oxygen atoms in total. The van der Waals surface area contributed by atoms with Crippen LogP contribution in [0.1, 0.15) is 12.5 Å². The fourth-order valence-electron chi connectivity index (χ4n) is 2.24. The second kappa shape index (κ2) is 5.56. The zero-order chi connectivity index (χ0) is 12.3. The maximum atomic E-state index is 12.1. The molecular weight excluding hydrogens is 234 g/mol. The Morgan fingerprint density at radius 3 is 3.06 bits per heavy atom. The highest BCUT2D eigenvalue weighted by Gasteiger charge is 2.29. The molecule has 0 fully saturated rings. The molecule has 1 N–H and O–H groups in total. The first-order valence-corrected chi connectivity index (χ1v) is 6.98. The molecule has 4 heteroatoms. The van der Waals surface area contributed by atoms with E-state index in [0.717, 1.165) is 12.1 Å². The van der Waals surface area contributed by atoms with Crippen molar-refractivity contribution in [1.29, 1.82) is 0 Å². The Labute approximate surface area is 106 Å². The van der Waals surface area contributed by atoms with E-state index in [0.29, 0.717) is 11.5 Å². The molecule has 1 aromatic carbocycles.